The van der Waals surface area contributed by atoms with Crippen molar-refractivity contribution < 1.29 is 12.8 Å². The minimum absolute atomic E-state index is 0.0466. The van der Waals surface area contributed by atoms with Gasteiger partial charge in [0.2, 0.25) is 15.9 Å². The van der Waals surface area contributed by atoms with Crippen molar-refractivity contribution in [3.63, 3.8) is 0 Å². The highest BCUT2D eigenvalue weighted by Gasteiger charge is 2.18. The van der Waals surface area contributed by atoms with Crippen LogP contribution in [0.15, 0.2) is 51.1 Å². The fourth-order valence-electron chi connectivity index (χ4n) is 1.92. The van der Waals surface area contributed by atoms with Crippen molar-refractivity contribution in [1.82, 2.24) is 14.9 Å². The molecule has 0 unspecified atom stereocenters. The van der Waals surface area contributed by atoms with Crippen LogP contribution in [-0.4, -0.2) is 18.6 Å². The molecule has 3 aromatic rings. The van der Waals surface area contributed by atoms with Crippen LogP contribution in [0.25, 0.3) is 10.8 Å². The molecular formula is C14H13N3O3S2. The van der Waals surface area contributed by atoms with E-state index in [1.165, 1.54) is 11.3 Å². The van der Waals surface area contributed by atoms with Crippen molar-refractivity contribution in [3.05, 3.63) is 53.2 Å². The zero-order chi connectivity index (χ0) is 15.6. The van der Waals surface area contributed by atoms with E-state index in [0.29, 0.717) is 11.5 Å². The maximum atomic E-state index is 12.3. The molecule has 1 N–H and O–H groups in total. The molecule has 0 saturated carbocycles. The molecular weight excluding hydrogens is 322 g/mol. The number of nitrogens with one attached hydrogen (secondary N) is 1. The van der Waals surface area contributed by atoms with Crippen molar-refractivity contribution in [2.24, 2.45) is 0 Å². The number of benzene rings is 1. The number of thiophene rings is 1. The van der Waals surface area contributed by atoms with Crippen LogP contribution < -0.4 is 4.72 Å². The van der Waals surface area contributed by atoms with E-state index in [9.17, 15) is 8.42 Å². The Kier molecular flexibility index (Phi) is 4.06. The van der Waals surface area contributed by atoms with Crippen molar-refractivity contribution in [1.29, 1.82) is 0 Å². The van der Waals surface area contributed by atoms with Gasteiger partial charge >= 0.3 is 0 Å². The Labute approximate surface area is 131 Å². The summed E-state index contributed by atoms with van der Waals surface area (Å²) in [6.07, 6.45) is 0. The van der Waals surface area contributed by atoms with Crippen LogP contribution in [0.3, 0.4) is 0 Å². The van der Waals surface area contributed by atoms with Gasteiger partial charge in [0, 0.05) is 0 Å². The lowest BCUT2D eigenvalue weighted by Crippen LogP contribution is -2.24. The number of hydrogen-bond acceptors (Lipinski definition) is 6. The summed E-state index contributed by atoms with van der Waals surface area (Å²) in [6.45, 7) is 1.70. The average Bonchev–Trinajstić information content (AvgIpc) is 3.17. The third-order valence-corrected chi connectivity index (χ3v) is 5.41. The van der Waals surface area contributed by atoms with Gasteiger partial charge in [-0.1, -0.05) is 24.3 Å². The largest absolute Gasteiger partial charge is 0.418 e. The van der Waals surface area contributed by atoms with Crippen LogP contribution in [0.4, 0.5) is 0 Å². The molecule has 0 spiro atoms. The average molecular weight is 335 g/mol. The molecule has 2 aromatic heterocycles. The highest BCUT2D eigenvalue weighted by atomic mass is 32.2. The van der Waals surface area contributed by atoms with Gasteiger partial charge in [-0.3, -0.25) is 0 Å². The summed E-state index contributed by atoms with van der Waals surface area (Å²) in [4.78, 5) is 1.09. The molecule has 22 heavy (non-hydrogen) atoms. The summed E-state index contributed by atoms with van der Waals surface area (Å²) < 4.78 is 32.4. The summed E-state index contributed by atoms with van der Waals surface area (Å²) in [5.74, 6) is 0.612. The normalized spacial score (nSPS) is 11.7. The first-order valence-corrected chi connectivity index (χ1v) is 8.84. The van der Waals surface area contributed by atoms with E-state index in [1.54, 1.807) is 31.2 Å². The molecule has 8 heteroatoms. The summed E-state index contributed by atoms with van der Waals surface area (Å²) in [5.41, 5.74) is 0.680. The van der Waals surface area contributed by atoms with Crippen LogP contribution in [0.2, 0.25) is 0 Å². The molecule has 0 fully saturated rings. The third-order valence-electron chi connectivity index (χ3n) is 3.00. The SMILES string of the molecule is Cc1ccccc1S(=O)(=O)NCc1nnc(-c2cccs2)o1. The Morgan fingerprint density at radius 1 is 1.18 bits per heavy atom. The lowest BCUT2D eigenvalue weighted by molar-refractivity contribution is 0.495. The predicted molar refractivity (Wildman–Crippen MR) is 82.8 cm³/mol. The van der Waals surface area contributed by atoms with Crippen LogP contribution in [-0.2, 0) is 16.6 Å². The Balaban J connectivity index is 1.74. The van der Waals surface area contributed by atoms with Gasteiger partial charge in [-0.2, -0.15) is 0 Å². The standard InChI is InChI=1S/C14H13N3O3S2/c1-10-5-2-3-7-12(10)22(18,19)15-9-13-16-17-14(20-13)11-6-4-8-21-11/h2-8,15H,9H2,1H3. The monoisotopic (exact) mass is 335 g/mol. The lowest BCUT2D eigenvalue weighted by atomic mass is 10.2. The number of aryl methyl sites for hydroxylation is 1. The van der Waals surface area contributed by atoms with Crippen molar-refractivity contribution in [3.8, 4) is 10.8 Å². The molecule has 2 heterocycles. The highest BCUT2D eigenvalue weighted by Crippen LogP contribution is 2.23. The molecule has 3 rings (SSSR count). The number of aromatic nitrogens is 2. The van der Waals surface area contributed by atoms with Crippen LogP contribution in [0, 0.1) is 6.92 Å². The first-order valence-electron chi connectivity index (χ1n) is 6.48. The Morgan fingerprint density at radius 2 is 2.00 bits per heavy atom. The fourth-order valence-corrected chi connectivity index (χ4v) is 3.78. The molecule has 0 aliphatic rings. The Morgan fingerprint density at radius 3 is 2.73 bits per heavy atom. The summed E-state index contributed by atoms with van der Waals surface area (Å²) in [7, 11) is -3.61. The number of sulfonamides is 1. The van der Waals surface area contributed by atoms with E-state index in [1.807, 2.05) is 17.5 Å². The zero-order valence-electron chi connectivity index (χ0n) is 11.7. The molecule has 0 aliphatic heterocycles. The second-order valence-corrected chi connectivity index (χ2v) is 7.25. The number of nitrogens with zero attached hydrogens (tertiary/aromatic N) is 2. The van der Waals surface area contributed by atoms with Gasteiger partial charge in [0.1, 0.15) is 0 Å². The number of hydrogen-bond donors (Lipinski definition) is 1. The Hall–Kier alpha value is -2.03. The van der Waals surface area contributed by atoms with E-state index in [-0.39, 0.29) is 17.3 Å². The van der Waals surface area contributed by atoms with Gasteiger partial charge in [-0.05, 0) is 30.0 Å². The van der Waals surface area contributed by atoms with E-state index in [2.05, 4.69) is 14.9 Å². The van der Waals surface area contributed by atoms with E-state index >= 15 is 0 Å². The van der Waals surface area contributed by atoms with Crippen LogP contribution >= 0.6 is 11.3 Å². The molecule has 0 saturated heterocycles. The fraction of sp³-hybridized carbons (Fsp3) is 0.143. The zero-order valence-corrected chi connectivity index (χ0v) is 13.3. The van der Waals surface area contributed by atoms with Gasteiger partial charge < -0.3 is 4.42 Å². The smallest absolute Gasteiger partial charge is 0.257 e. The van der Waals surface area contributed by atoms with Gasteiger partial charge in [0.25, 0.3) is 5.89 Å². The molecule has 0 bridgehead atoms. The molecule has 0 atom stereocenters. The minimum atomic E-state index is -3.61. The maximum absolute atomic E-state index is 12.3. The molecule has 6 nitrogen and oxygen atoms in total. The molecule has 1 aromatic carbocycles. The topological polar surface area (TPSA) is 85.1 Å². The van der Waals surface area contributed by atoms with Gasteiger partial charge in [0.15, 0.2) is 0 Å². The molecule has 0 amide bonds. The predicted octanol–water partition coefficient (Wildman–Crippen LogP) is 2.59. The van der Waals surface area contributed by atoms with Gasteiger partial charge in [0.05, 0.1) is 16.3 Å². The van der Waals surface area contributed by atoms with Crippen LogP contribution in [0.5, 0.6) is 0 Å². The van der Waals surface area contributed by atoms with E-state index in [0.717, 1.165) is 4.88 Å². The second-order valence-electron chi connectivity index (χ2n) is 4.57. The number of rotatable bonds is 5. The minimum Gasteiger partial charge on any atom is -0.418 e. The molecule has 0 radical (unpaired) electrons. The van der Waals surface area contributed by atoms with E-state index < -0.39 is 10.0 Å². The van der Waals surface area contributed by atoms with Gasteiger partial charge in [-0.25, -0.2) is 13.1 Å². The lowest BCUT2D eigenvalue weighted by Gasteiger charge is -2.07. The first-order chi connectivity index (χ1) is 10.6. The van der Waals surface area contributed by atoms with Crippen molar-refractivity contribution >= 4 is 21.4 Å². The van der Waals surface area contributed by atoms with Crippen molar-refractivity contribution in [2.75, 3.05) is 0 Å². The quantitative estimate of drug-likeness (QED) is 0.774. The Bertz CT molecular complexity index is 870. The van der Waals surface area contributed by atoms with E-state index in [4.69, 9.17) is 4.42 Å². The first kappa shape index (κ1) is 14.9. The summed E-state index contributed by atoms with van der Waals surface area (Å²) in [5, 5.41) is 9.67. The highest BCUT2D eigenvalue weighted by molar-refractivity contribution is 7.89. The molecule has 114 valence electrons. The second kappa shape index (κ2) is 5.99. The van der Waals surface area contributed by atoms with Crippen molar-refractivity contribution in [2.45, 2.75) is 18.4 Å². The third kappa shape index (κ3) is 3.08. The summed E-state index contributed by atoms with van der Waals surface area (Å²) >= 11 is 1.48. The van der Waals surface area contributed by atoms with Gasteiger partial charge in [-0.15, -0.1) is 21.5 Å². The van der Waals surface area contributed by atoms with Crippen LogP contribution in [0.1, 0.15) is 11.5 Å². The maximum Gasteiger partial charge on any atom is 0.257 e. The summed E-state index contributed by atoms with van der Waals surface area (Å²) in [6, 6.07) is 10.5. The molecule has 0 aliphatic carbocycles.